The van der Waals surface area contributed by atoms with Crippen LogP contribution in [-0.2, 0) is 5.54 Å². The number of ether oxygens (including phenoxy) is 3. The molecule has 0 amide bonds. The molecular formula is C12H18FNO3. The predicted molar refractivity (Wildman–Crippen MR) is 63.3 cm³/mol. The van der Waals surface area contributed by atoms with Gasteiger partial charge in [0.15, 0.2) is 23.1 Å². The minimum atomic E-state index is -0.813. The monoisotopic (exact) mass is 243 g/mol. The second kappa shape index (κ2) is 4.79. The highest BCUT2D eigenvalue weighted by Crippen LogP contribution is 2.44. The summed E-state index contributed by atoms with van der Waals surface area (Å²) >= 11 is 0. The van der Waals surface area contributed by atoms with Crippen LogP contribution in [0.3, 0.4) is 0 Å². The van der Waals surface area contributed by atoms with Crippen LogP contribution in [0.2, 0.25) is 0 Å². The number of nitrogens with two attached hydrogens (primary N) is 1. The van der Waals surface area contributed by atoms with Crippen LogP contribution >= 0.6 is 0 Å². The van der Waals surface area contributed by atoms with Crippen molar-refractivity contribution in [3.8, 4) is 17.2 Å². The van der Waals surface area contributed by atoms with E-state index < -0.39 is 11.4 Å². The lowest BCUT2D eigenvalue weighted by atomic mass is 9.93. The second-order valence-corrected chi connectivity index (χ2v) is 4.22. The molecule has 1 aromatic carbocycles. The maximum atomic E-state index is 13.8. The Bertz CT molecular complexity index is 413. The summed E-state index contributed by atoms with van der Waals surface area (Å²) in [6.45, 7) is 3.48. The number of rotatable bonds is 4. The first-order valence-corrected chi connectivity index (χ1v) is 5.14. The molecule has 0 aromatic heterocycles. The Kier molecular flexibility index (Phi) is 3.83. The smallest absolute Gasteiger partial charge is 0.169 e. The van der Waals surface area contributed by atoms with Gasteiger partial charge in [0.25, 0.3) is 0 Å². The summed E-state index contributed by atoms with van der Waals surface area (Å²) in [6, 6.07) is 1.22. The summed E-state index contributed by atoms with van der Waals surface area (Å²) in [7, 11) is 4.31. The number of hydrogen-bond acceptors (Lipinski definition) is 4. The minimum Gasteiger partial charge on any atom is -0.493 e. The molecule has 2 N–H and O–H groups in total. The van der Waals surface area contributed by atoms with Crippen molar-refractivity contribution in [2.24, 2.45) is 5.73 Å². The lowest BCUT2D eigenvalue weighted by molar-refractivity contribution is 0.320. The van der Waals surface area contributed by atoms with Crippen molar-refractivity contribution in [2.45, 2.75) is 19.4 Å². The van der Waals surface area contributed by atoms with E-state index in [1.165, 1.54) is 27.4 Å². The molecule has 4 nitrogen and oxygen atoms in total. The average Bonchev–Trinajstić information content (AvgIpc) is 2.26. The molecule has 5 heteroatoms. The summed E-state index contributed by atoms with van der Waals surface area (Å²) in [4.78, 5) is 0. The van der Waals surface area contributed by atoms with Crippen molar-refractivity contribution in [1.82, 2.24) is 0 Å². The van der Waals surface area contributed by atoms with Gasteiger partial charge in [0.2, 0.25) is 0 Å². The van der Waals surface area contributed by atoms with E-state index in [-0.39, 0.29) is 5.75 Å². The Morgan fingerprint density at radius 1 is 1.06 bits per heavy atom. The summed E-state index contributed by atoms with van der Waals surface area (Å²) in [5.41, 5.74) is 5.65. The van der Waals surface area contributed by atoms with E-state index in [2.05, 4.69) is 0 Å². The summed E-state index contributed by atoms with van der Waals surface area (Å²) in [5.74, 6) is 0.228. The van der Waals surface area contributed by atoms with E-state index in [0.717, 1.165) is 0 Å². The van der Waals surface area contributed by atoms with E-state index in [4.69, 9.17) is 19.9 Å². The molecule has 0 radical (unpaired) electrons. The molecule has 0 saturated heterocycles. The Balaban J connectivity index is 3.65. The van der Waals surface area contributed by atoms with Crippen molar-refractivity contribution in [1.29, 1.82) is 0 Å². The van der Waals surface area contributed by atoms with Gasteiger partial charge >= 0.3 is 0 Å². The van der Waals surface area contributed by atoms with Gasteiger partial charge in [-0.05, 0) is 13.8 Å². The molecule has 0 saturated carbocycles. The zero-order valence-electron chi connectivity index (χ0n) is 10.8. The van der Waals surface area contributed by atoms with Crippen LogP contribution < -0.4 is 19.9 Å². The molecule has 0 spiro atoms. The lowest BCUT2D eigenvalue weighted by Gasteiger charge is -2.26. The fraction of sp³-hybridized carbons (Fsp3) is 0.500. The Hall–Kier alpha value is -1.49. The van der Waals surface area contributed by atoms with Gasteiger partial charge in [0.1, 0.15) is 0 Å². The van der Waals surface area contributed by atoms with Crippen LogP contribution in [0.5, 0.6) is 17.2 Å². The Labute approximate surface area is 100 Å². The molecule has 0 heterocycles. The topological polar surface area (TPSA) is 53.7 Å². The molecule has 1 aromatic rings. The molecule has 17 heavy (non-hydrogen) atoms. The normalized spacial score (nSPS) is 11.2. The van der Waals surface area contributed by atoms with E-state index in [1.54, 1.807) is 13.8 Å². The number of benzene rings is 1. The summed E-state index contributed by atoms with van der Waals surface area (Å²) in [5, 5.41) is 0. The third-order valence-electron chi connectivity index (χ3n) is 2.43. The molecule has 0 unspecified atom stereocenters. The molecular weight excluding hydrogens is 225 g/mol. The first-order chi connectivity index (χ1) is 7.86. The van der Waals surface area contributed by atoms with E-state index in [1.807, 2.05) is 0 Å². The van der Waals surface area contributed by atoms with Gasteiger partial charge < -0.3 is 19.9 Å². The van der Waals surface area contributed by atoms with Crippen LogP contribution in [0.1, 0.15) is 19.4 Å². The third kappa shape index (κ3) is 2.44. The van der Waals surface area contributed by atoms with Crippen LogP contribution in [0.15, 0.2) is 6.07 Å². The molecule has 0 aliphatic heterocycles. The molecule has 1 rings (SSSR count). The standard InChI is InChI=1S/C12H18FNO3/c1-12(2,14)9-10(16-4)7(13)6-8(15-3)11(9)17-5/h6H,14H2,1-5H3. The summed E-state index contributed by atoms with van der Waals surface area (Å²) < 4.78 is 29.2. The molecule has 0 atom stereocenters. The lowest BCUT2D eigenvalue weighted by Crippen LogP contribution is -2.30. The molecule has 96 valence electrons. The van der Waals surface area contributed by atoms with Crippen molar-refractivity contribution < 1.29 is 18.6 Å². The highest BCUT2D eigenvalue weighted by atomic mass is 19.1. The molecule has 0 bridgehead atoms. The van der Waals surface area contributed by atoms with Crippen molar-refractivity contribution in [3.63, 3.8) is 0 Å². The van der Waals surface area contributed by atoms with Crippen molar-refractivity contribution >= 4 is 0 Å². The molecule has 0 aliphatic carbocycles. The second-order valence-electron chi connectivity index (χ2n) is 4.22. The predicted octanol–water partition coefficient (Wildman–Crippen LogP) is 2.05. The van der Waals surface area contributed by atoms with E-state index in [9.17, 15) is 4.39 Å². The van der Waals surface area contributed by atoms with Crippen LogP contribution in [0.25, 0.3) is 0 Å². The number of halogens is 1. The van der Waals surface area contributed by atoms with Crippen molar-refractivity contribution in [2.75, 3.05) is 21.3 Å². The highest BCUT2D eigenvalue weighted by molar-refractivity contribution is 5.57. The van der Waals surface area contributed by atoms with Gasteiger partial charge in [-0.25, -0.2) is 4.39 Å². The Morgan fingerprint density at radius 3 is 1.94 bits per heavy atom. The molecule has 0 aliphatic rings. The van der Waals surface area contributed by atoms with E-state index >= 15 is 0 Å². The van der Waals surface area contributed by atoms with Gasteiger partial charge in [0.05, 0.1) is 26.9 Å². The SMILES string of the molecule is COc1cc(F)c(OC)c(C(C)(C)N)c1OC. The minimum absolute atomic E-state index is 0.0788. The maximum absolute atomic E-state index is 13.8. The van der Waals surface area contributed by atoms with Crippen LogP contribution in [0, 0.1) is 5.82 Å². The molecule has 0 fully saturated rings. The maximum Gasteiger partial charge on any atom is 0.169 e. The van der Waals surface area contributed by atoms with Gasteiger partial charge in [-0.1, -0.05) is 0 Å². The third-order valence-corrected chi connectivity index (χ3v) is 2.43. The largest absolute Gasteiger partial charge is 0.493 e. The highest BCUT2D eigenvalue weighted by Gasteiger charge is 2.29. The average molecular weight is 243 g/mol. The zero-order chi connectivity index (χ0) is 13.2. The zero-order valence-corrected chi connectivity index (χ0v) is 10.8. The fourth-order valence-electron chi connectivity index (χ4n) is 1.73. The Morgan fingerprint density at radius 2 is 1.59 bits per heavy atom. The summed E-state index contributed by atoms with van der Waals surface area (Å²) in [6.07, 6.45) is 0. The van der Waals surface area contributed by atoms with Gasteiger partial charge in [-0.3, -0.25) is 0 Å². The van der Waals surface area contributed by atoms with E-state index in [0.29, 0.717) is 17.1 Å². The quantitative estimate of drug-likeness (QED) is 0.879. The first-order valence-electron chi connectivity index (χ1n) is 5.14. The first kappa shape index (κ1) is 13.6. The number of methoxy groups -OCH3 is 3. The van der Waals surface area contributed by atoms with Crippen LogP contribution in [-0.4, -0.2) is 21.3 Å². The van der Waals surface area contributed by atoms with Gasteiger partial charge in [-0.15, -0.1) is 0 Å². The van der Waals surface area contributed by atoms with Crippen molar-refractivity contribution in [3.05, 3.63) is 17.4 Å². The fourth-order valence-corrected chi connectivity index (χ4v) is 1.73. The van der Waals surface area contributed by atoms with Gasteiger partial charge in [-0.2, -0.15) is 0 Å². The number of hydrogen-bond donors (Lipinski definition) is 1. The van der Waals surface area contributed by atoms with Crippen LogP contribution in [0.4, 0.5) is 4.39 Å². The van der Waals surface area contributed by atoms with Gasteiger partial charge in [0, 0.05) is 11.6 Å².